The van der Waals surface area contributed by atoms with Gasteiger partial charge in [0, 0.05) is 30.6 Å². The fraction of sp³-hybridized carbons (Fsp3) is 0.382. The second-order valence-corrected chi connectivity index (χ2v) is 12.2. The van der Waals surface area contributed by atoms with Gasteiger partial charge in [-0.25, -0.2) is 9.48 Å². The number of benzene rings is 2. The van der Waals surface area contributed by atoms with Crippen LogP contribution in [-0.4, -0.2) is 75.0 Å². The van der Waals surface area contributed by atoms with Gasteiger partial charge < -0.3 is 24.8 Å². The van der Waals surface area contributed by atoms with Gasteiger partial charge in [0.2, 0.25) is 5.88 Å². The lowest BCUT2D eigenvalue weighted by molar-refractivity contribution is -0.210. The Balaban J connectivity index is 1.47. The number of halogens is 3. The SMILES string of the molecule is COC(=O)C1(O)C(=O)Nc2c(c(C3CCN(c4ccc(OC(C)C)nn4)CC3)nn2C(c2ccccc2)c2ccccc2)C1C(F)(F)F. The molecule has 2 atom stereocenters. The molecule has 0 spiro atoms. The molecule has 2 unspecified atom stereocenters. The van der Waals surface area contributed by atoms with Gasteiger partial charge in [0.25, 0.3) is 11.5 Å². The minimum absolute atomic E-state index is 0.0398. The maximum atomic E-state index is 15.2. The summed E-state index contributed by atoms with van der Waals surface area (Å²) in [6, 6.07) is 20.8. The second kappa shape index (κ2) is 12.9. The molecule has 6 rings (SSSR count). The van der Waals surface area contributed by atoms with E-state index in [4.69, 9.17) is 9.84 Å². The largest absolute Gasteiger partial charge is 0.474 e. The van der Waals surface area contributed by atoms with Gasteiger partial charge in [0.15, 0.2) is 5.82 Å². The number of aromatic nitrogens is 4. The van der Waals surface area contributed by atoms with Crippen molar-refractivity contribution < 1.29 is 37.3 Å². The number of piperidine rings is 1. The molecule has 2 aromatic carbocycles. The number of aliphatic hydroxyl groups is 1. The molecule has 0 radical (unpaired) electrons. The van der Waals surface area contributed by atoms with Crippen LogP contribution in [0.1, 0.15) is 67.0 Å². The Hall–Kier alpha value is -4.98. The Morgan fingerprint density at radius 3 is 2.08 bits per heavy atom. The van der Waals surface area contributed by atoms with Crippen molar-refractivity contribution in [3.63, 3.8) is 0 Å². The summed E-state index contributed by atoms with van der Waals surface area (Å²) in [5, 5.41) is 27.0. The molecule has 0 bridgehead atoms. The van der Waals surface area contributed by atoms with Gasteiger partial charge in [-0.15, -0.1) is 10.2 Å². The highest BCUT2D eigenvalue weighted by atomic mass is 19.4. The van der Waals surface area contributed by atoms with Crippen molar-refractivity contribution >= 4 is 23.5 Å². The molecule has 0 aliphatic carbocycles. The predicted molar refractivity (Wildman–Crippen MR) is 169 cm³/mol. The van der Waals surface area contributed by atoms with Crippen LogP contribution in [0.5, 0.6) is 5.88 Å². The van der Waals surface area contributed by atoms with Gasteiger partial charge in [-0.05, 0) is 43.9 Å². The first-order chi connectivity index (χ1) is 22.9. The number of nitrogens with one attached hydrogen (secondary N) is 1. The number of amides is 1. The van der Waals surface area contributed by atoms with E-state index >= 15 is 13.2 Å². The standard InChI is InChI=1S/C34H35F3N6O5/c1-20(2)48-25-15-14-24(39-40-25)42-18-16-21(17-19-42)27-26-29(34(35,36)37)33(46,32(45)47-3)31(44)38-30(26)43(41-27)28(22-10-6-4-7-11-22)23-12-8-5-9-13-23/h4-15,20-21,28-29,46H,16-19H2,1-3H3,(H,38,44). The van der Waals surface area contributed by atoms with Gasteiger partial charge >= 0.3 is 12.1 Å². The zero-order chi connectivity index (χ0) is 34.2. The number of methoxy groups -OCH3 is 1. The number of alkyl halides is 3. The first-order valence-corrected chi connectivity index (χ1v) is 15.6. The summed E-state index contributed by atoms with van der Waals surface area (Å²) in [7, 11) is 0.821. The monoisotopic (exact) mass is 664 g/mol. The zero-order valence-electron chi connectivity index (χ0n) is 26.5. The van der Waals surface area contributed by atoms with Crippen LogP contribution in [0.4, 0.5) is 24.8 Å². The molecule has 14 heteroatoms. The van der Waals surface area contributed by atoms with Gasteiger partial charge in [0.1, 0.15) is 17.8 Å². The van der Waals surface area contributed by atoms with Gasteiger partial charge in [0.05, 0.1) is 18.9 Å². The average Bonchev–Trinajstić information content (AvgIpc) is 3.42. The van der Waals surface area contributed by atoms with Gasteiger partial charge in [-0.2, -0.15) is 18.3 Å². The minimum Gasteiger partial charge on any atom is -0.474 e. The molecule has 2 aliphatic heterocycles. The quantitative estimate of drug-likeness (QED) is 0.198. The number of ether oxygens (including phenoxy) is 2. The first-order valence-electron chi connectivity index (χ1n) is 15.6. The predicted octanol–water partition coefficient (Wildman–Crippen LogP) is 4.98. The number of esters is 1. The normalized spacial score (nSPS) is 20.1. The van der Waals surface area contributed by atoms with Crippen molar-refractivity contribution in [3.8, 4) is 5.88 Å². The number of anilines is 2. The number of nitrogens with zero attached hydrogens (tertiary/aromatic N) is 5. The Bertz CT molecular complexity index is 1720. The second-order valence-electron chi connectivity index (χ2n) is 12.2. The van der Waals surface area contributed by atoms with Gasteiger partial charge in [-0.3, -0.25) is 4.79 Å². The molecule has 48 heavy (non-hydrogen) atoms. The van der Waals surface area contributed by atoms with Crippen LogP contribution in [0.2, 0.25) is 0 Å². The zero-order valence-corrected chi connectivity index (χ0v) is 26.5. The van der Waals surface area contributed by atoms with Crippen molar-refractivity contribution in [3.05, 3.63) is 95.2 Å². The maximum Gasteiger partial charge on any atom is 0.399 e. The molecule has 0 saturated carbocycles. The Morgan fingerprint density at radius 1 is 0.979 bits per heavy atom. The summed E-state index contributed by atoms with van der Waals surface area (Å²) in [6.45, 7) is 4.58. The fourth-order valence-corrected chi connectivity index (χ4v) is 6.59. The number of carbonyl (C=O) groups is 2. The molecule has 1 amide bonds. The van der Waals surface area contributed by atoms with Crippen LogP contribution in [0, 0.1) is 0 Å². The molecule has 2 N–H and O–H groups in total. The Labute approximate surface area is 274 Å². The lowest BCUT2D eigenvalue weighted by Gasteiger charge is -2.39. The van der Waals surface area contributed by atoms with E-state index in [0.29, 0.717) is 48.8 Å². The molecule has 4 heterocycles. The summed E-state index contributed by atoms with van der Waals surface area (Å²) in [5.41, 5.74) is -2.60. The van der Waals surface area contributed by atoms with E-state index in [0.717, 1.165) is 7.11 Å². The topological polar surface area (TPSA) is 132 Å². The van der Waals surface area contributed by atoms with Crippen molar-refractivity contribution in [2.75, 3.05) is 30.4 Å². The van der Waals surface area contributed by atoms with E-state index in [1.807, 2.05) is 55.1 Å². The van der Waals surface area contributed by atoms with E-state index in [1.54, 1.807) is 36.4 Å². The van der Waals surface area contributed by atoms with Crippen LogP contribution in [0.3, 0.4) is 0 Å². The van der Waals surface area contributed by atoms with Crippen LogP contribution >= 0.6 is 0 Å². The van der Waals surface area contributed by atoms with E-state index in [2.05, 4.69) is 20.3 Å². The maximum absolute atomic E-state index is 15.2. The smallest absolute Gasteiger partial charge is 0.399 e. The molecule has 4 aromatic rings. The molecular weight excluding hydrogens is 629 g/mol. The number of carbonyl (C=O) groups excluding carboxylic acids is 2. The fourth-order valence-electron chi connectivity index (χ4n) is 6.59. The highest BCUT2D eigenvalue weighted by Crippen LogP contribution is 2.53. The Kier molecular flexibility index (Phi) is 8.86. The van der Waals surface area contributed by atoms with Crippen LogP contribution < -0.4 is 15.0 Å². The van der Waals surface area contributed by atoms with Crippen molar-refractivity contribution in [1.29, 1.82) is 0 Å². The Morgan fingerprint density at radius 2 is 1.58 bits per heavy atom. The van der Waals surface area contributed by atoms with E-state index < -0.39 is 47.1 Å². The van der Waals surface area contributed by atoms with Crippen LogP contribution in [0.25, 0.3) is 0 Å². The summed E-state index contributed by atoms with van der Waals surface area (Å²) < 4.78 is 57.0. The third-order valence-corrected chi connectivity index (χ3v) is 8.75. The molecule has 1 fully saturated rings. The van der Waals surface area contributed by atoms with Crippen molar-refractivity contribution in [1.82, 2.24) is 20.0 Å². The third kappa shape index (κ3) is 5.96. The number of fused-ring (bicyclic) bond motifs is 1. The van der Waals surface area contributed by atoms with Crippen molar-refractivity contribution in [2.24, 2.45) is 0 Å². The number of rotatable bonds is 8. The van der Waals surface area contributed by atoms with E-state index in [9.17, 15) is 14.7 Å². The summed E-state index contributed by atoms with van der Waals surface area (Å²) >= 11 is 0. The first kappa shape index (κ1) is 32.9. The van der Waals surface area contributed by atoms with Crippen LogP contribution in [-0.2, 0) is 14.3 Å². The molecule has 1 saturated heterocycles. The molecule has 252 valence electrons. The third-order valence-electron chi connectivity index (χ3n) is 8.75. The van der Waals surface area contributed by atoms with E-state index in [-0.39, 0.29) is 17.6 Å². The summed E-state index contributed by atoms with van der Waals surface area (Å²) in [6.07, 6.45) is -4.57. The molecule has 2 aliphatic rings. The van der Waals surface area contributed by atoms with E-state index in [1.165, 1.54) is 4.68 Å². The molecule has 2 aromatic heterocycles. The van der Waals surface area contributed by atoms with Gasteiger partial charge in [-0.1, -0.05) is 60.7 Å². The summed E-state index contributed by atoms with van der Waals surface area (Å²) in [5.74, 6) is -5.99. The van der Waals surface area contributed by atoms with Crippen LogP contribution in [0.15, 0.2) is 72.8 Å². The molecule has 11 nitrogen and oxygen atoms in total. The lowest BCUT2D eigenvalue weighted by Crippen LogP contribution is -2.61. The average molecular weight is 665 g/mol. The molecular formula is C34H35F3N6O5. The lowest BCUT2D eigenvalue weighted by atomic mass is 9.75. The minimum atomic E-state index is -5.23. The number of hydrogen-bond donors (Lipinski definition) is 2. The number of hydrogen-bond acceptors (Lipinski definition) is 9. The van der Waals surface area contributed by atoms with Crippen molar-refractivity contribution in [2.45, 2.75) is 62.4 Å². The highest BCUT2D eigenvalue weighted by molar-refractivity contribution is 6.14. The highest BCUT2D eigenvalue weighted by Gasteiger charge is 2.67. The summed E-state index contributed by atoms with van der Waals surface area (Å²) in [4.78, 5) is 28.2.